The van der Waals surface area contributed by atoms with Crippen LogP contribution >= 0.6 is 0 Å². The maximum absolute atomic E-state index is 5.28. The van der Waals surface area contributed by atoms with Crippen molar-refractivity contribution in [2.24, 2.45) is 9.98 Å². The highest BCUT2D eigenvalue weighted by molar-refractivity contribution is 6.19. The molecule has 0 bridgehead atoms. The first kappa shape index (κ1) is 21.3. The van der Waals surface area contributed by atoms with Crippen LogP contribution in [-0.2, 0) is 0 Å². The number of para-hydroxylation sites is 2. The van der Waals surface area contributed by atoms with Gasteiger partial charge in [-0.2, -0.15) is 0 Å². The van der Waals surface area contributed by atoms with E-state index in [1.54, 1.807) is 0 Å². The van der Waals surface area contributed by atoms with E-state index >= 15 is 0 Å². The lowest BCUT2D eigenvalue weighted by Crippen LogP contribution is -2.46. The molecule has 1 atom stereocenters. The number of benzene rings is 5. The number of aromatic nitrogens is 1. The van der Waals surface area contributed by atoms with Gasteiger partial charge in [-0.25, -0.2) is 19.7 Å². The number of rotatable bonds is 4. The zero-order chi connectivity index (χ0) is 24.6. The molecule has 0 aliphatic carbocycles. The minimum absolute atomic E-state index is 0.316. The second-order valence-electron chi connectivity index (χ2n) is 9.10. The summed E-state index contributed by atoms with van der Waals surface area (Å²) in [5.41, 5.74) is 5.37. The van der Waals surface area contributed by atoms with Crippen molar-refractivity contribution in [3.05, 3.63) is 156 Å². The normalized spacial score (nSPS) is 15.6. The van der Waals surface area contributed by atoms with Crippen LogP contribution in [0.25, 0.3) is 21.8 Å². The van der Waals surface area contributed by atoms with E-state index in [2.05, 4.69) is 119 Å². The standard InChI is InChI=1S/C33H24N4/c1-4-14-24(15-5-1)31-34-32(25-16-6-2-7-17-25)37(33(35-31)26-18-8-3-9-19-26)36-29-22-12-10-20-27(29)28-21-11-13-23-30(28)36/h1-23,32H. The third kappa shape index (κ3) is 3.62. The summed E-state index contributed by atoms with van der Waals surface area (Å²) in [5, 5.41) is 4.66. The Morgan fingerprint density at radius 3 is 1.57 bits per heavy atom. The van der Waals surface area contributed by atoms with Gasteiger partial charge in [0.25, 0.3) is 0 Å². The molecule has 0 N–H and O–H groups in total. The van der Waals surface area contributed by atoms with Gasteiger partial charge in [0.05, 0.1) is 11.0 Å². The molecule has 37 heavy (non-hydrogen) atoms. The fourth-order valence-corrected chi connectivity index (χ4v) is 5.16. The number of aliphatic imine (C=N–C) groups is 2. The van der Waals surface area contributed by atoms with E-state index in [0.29, 0.717) is 0 Å². The highest BCUT2D eigenvalue weighted by Crippen LogP contribution is 2.35. The quantitative estimate of drug-likeness (QED) is 0.262. The van der Waals surface area contributed by atoms with Gasteiger partial charge in [-0.15, -0.1) is 0 Å². The summed E-state index contributed by atoms with van der Waals surface area (Å²) < 4.78 is 2.29. The Morgan fingerprint density at radius 2 is 0.973 bits per heavy atom. The highest BCUT2D eigenvalue weighted by atomic mass is 15.6. The van der Waals surface area contributed by atoms with E-state index < -0.39 is 0 Å². The molecule has 0 radical (unpaired) electrons. The molecular weight excluding hydrogens is 452 g/mol. The minimum Gasteiger partial charge on any atom is -0.249 e. The lowest BCUT2D eigenvalue weighted by atomic mass is 10.1. The molecule has 1 aromatic heterocycles. The zero-order valence-electron chi connectivity index (χ0n) is 20.1. The predicted octanol–water partition coefficient (Wildman–Crippen LogP) is 7.34. The third-order valence-corrected chi connectivity index (χ3v) is 6.84. The van der Waals surface area contributed by atoms with Gasteiger partial charge >= 0.3 is 0 Å². The molecule has 6 aromatic rings. The van der Waals surface area contributed by atoms with Crippen molar-refractivity contribution in [2.75, 3.05) is 5.01 Å². The highest BCUT2D eigenvalue weighted by Gasteiger charge is 2.33. The van der Waals surface area contributed by atoms with Crippen molar-refractivity contribution in [2.45, 2.75) is 6.17 Å². The Bertz CT molecular complexity index is 1710. The molecule has 0 saturated carbocycles. The summed E-state index contributed by atoms with van der Waals surface area (Å²) in [5.74, 6) is 1.58. The van der Waals surface area contributed by atoms with Crippen LogP contribution in [0.1, 0.15) is 22.9 Å². The summed E-state index contributed by atoms with van der Waals surface area (Å²) in [7, 11) is 0. The molecule has 0 fully saturated rings. The maximum atomic E-state index is 5.28. The molecule has 7 rings (SSSR count). The Kier molecular flexibility index (Phi) is 5.14. The van der Waals surface area contributed by atoms with Gasteiger partial charge in [-0.05, 0) is 17.7 Å². The first-order valence-electron chi connectivity index (χ1n) is 12.5. The minimum atomic E-state index is -0.316. The van der Waals surface area contributed by atoms with Crippen LogP contribution in [0.4, 0.5) is 0 Å². The van der Waals surface area contributed by atoms with Gasteiger partial charge in [0.15, 0.2) is 17.8 Å². The van der Waals surface area contributed by atoms with Crippen molar-refractivity contribution in [1.29, 1.82) is 0 Å². The second-order valence-corrected chi connectivity index (χ2v) is 9.10. The summed E-state index contributed by atoms with van der Waals surface area (Å²) >= 11 is 0. The van der Waals surface area contributed by atoms with Crippen molar-refractivity contribution in [1.82, 2.24) is 4.68 Å². The van der Waals surface area contributed by atoms with E-state index in [1.807, 2.05) is 30.3 Å². The Labute approximate surface area is 215 Å². The fourth-order valence-electron chi connectivity index (χ4n) is 5.16. The van der Waals surface area contributed by atoms with Crippen LogP contribution in [0.5, 0.6) is 0 Å². The van der Waals surface area contributed by atoms with Crippen LogP contribution in [0, 0.1) is 0 Å². The summed E-state index contributed by atoms with van der Waals surface area (Å²) in [4.78, 5) is 10.5. The number of hydrogen-bond donors (Lipinski definition) is 0. The topological polar surface area (TPSA) is 32.9 Å². The van der Waals surface area contributed by atoms with Crippen molar-refractivity contribution in [3.8, 4) is 0 Å². The molecule has 4 nitrogen and oxygen atoms in total. The monoisotopic (exact) mass is 476 g/mol. The van der Waals surface area contributed by atoms with Crippen LogP contribution < -0.4 is 5.01 Å². The average molecular weight is 477 g/mol. The van der Waals surface area contributed by atoms with Crippen LogP contribution in [0.2, 0.25) is 0 Å². The van der Waals surface area contributed by atoms with Gasteiger partial charge in [0.2, 0.25) is 0 Å². The summed E-state index contributed by atoms with van der Waals surface area (Å²) in [6.45, 7) is 0. The molecule has 176 valence electrons. The molecule has 0 spiro atoms. The second kappa shape index (κ2) is 8.92. The summed E-state index contributed by atoms with van der Waals surface area (Å²) in [6, 6.07) is 48.2. The number of fused-ring (bicyclic) bond motifs is 3. The van der Waals surface area contributed by atoms with E-state index in [-0.39, 0.29) is 6.17 Å². The van der Waals surface area contributed by atoms with E-state index in [4.69, 9.17) is 9.98 Å². The van der Waals surface area contributed by atoms with Crippen LogP contribution in [0.15, 0.2) is 150 Å². The van der Waals surface area contributed by atoms with Gasteiger partial charge in [0, 0.05) is 21.9 Å². The largest absolute Gasteiger partial charge is 0.249 e. The number of hydrogen-bond acceptors (Lipinski definition) is 3. The third-order valence-electron chi connectivity index (χ3n) is 6.84. The van der Waals surface area contributed by atoms with E-state index in [9.17, 15) is 0 Å². The Morgan fingerprint density at radius 1 is 0.486 bits per heavy atom. The van der Waals surface area contributed by atoms with E-state index in [1.165, 1.54) is 10.8 Å². The molecule has 1 aliphatic rings. The number of amidine groups is 2. The van der Waals surface area contributed by atoms with Gasteiger partial charge in [-0.1, -0.05) is 127 Å². The molecule has 5 aromatic carbocycles. The number of nitrogens with zero attached hydrogens (tertiary/aromatic N) is 4. The lowest BCUT2D eigenvalue weighted by molar-refractivity contribution is 0.614. The SMILES string of the molecule is c1ccc(C2=NC(c3ccccc3)N(n3c4ccccc4c4ccccc43)C(c3ccccc3)=N2)cc1. The smallest absolute Gasteiger partial charge is 0.170 e. The van der Waals surface area contributed by atoms with Crippen LogP contribution in [0.3, 0.4) is 0 Å². The molecule has 0 amide bonds. The van der Waals surface area contributed by atoms with Crippen molar-refractivity contribution < 1.29 is 0 Å². The van der Waals surface area contributed by atoms with Gasteiger partial charge in [-0.3, -0.25) is 0 Å². The van der Waals surface area contributed by atoms with Crippen molar-refractivity contribution in [3.63, 3.8) is 0 Å². The Balaban J connectivity index is 1.57. The molecule has 0 saturated heterocycles. The van der Waals surface area contributed by atoms with Gasteiger partial charge < -0.3 is 0 Å². The molecule has 2 heterocycles. The van der Waals surface area contributed by atoms with Crippen LogP contribution in [-0.4, -0.2) is 16.3 Å². The lowest BCUT2D eigenvalue weighted by Gasteiger charge is -2.37. The first-order valence-corrected chi connectivity index (χ1v) is 12.5. The summed E-state index contributed by atoms with van der Waals surface area (Å²) in [6.07, 6.45) is -0.316. The zero-order valence-corrected chi connectivity index (χ0v) is 20.1. The fraction of sp³-hybridized carbons (Fsp3) is 0.0303. The Hall–Kier alpha value is -4.96. The first-order chi connectivity index (χ1) is 18.4. The maximum Gasteiger partial charge on any atom is 0.170 e. The van der Waals surface area contributed by atoms with E-state index in [0.717, 1.165) is 39.4 Å². The molecule has 1 unspecified atom stereocenters. The molecule has 1 aliphatic heterocycles. The molecular formula is C33H24N4. The average Bonchev–Trinajstić information content (AvgIpc) is 3.32. The van der Waals surface area contributed by atoms with Gasteiger partial charge in [0.1, 0.15) is 0 Å². The van der Waals surface area contributed by atoms with Crippen molar-refractivity contribution >= 4 is 33.5 Å². The predicted molar refractivity (Wildman–Crippen MR) is 153 cm³/mol. The molecule has 4 heteroatoms.